The van der Waals surface area contributed by atoms with Crippen LogP contribution in [-0.4, -0.2) is 51.9 Å². The third kappa shape index (κ3) is 4.54. The van der Waals surface area contributed by atoms with Crippen molar-refractivity contribution in [1.29, 1.82) is 0 Å². The molecule has 0 atom stereocenters. The van der Waals surface area contributed by atoms with Crippen LogP contribution < -0.4 is 4.90 Å². The quantitative estimate of drug-likeness (QED) is 0.468. The summed E-state index contributed by atoms with van der Waals surface area (Å²) in [5.74, 6) is 1.65. The van der Waals surface area contributed by atoms with Gasteiger partial charge in [-0.15, -0.1) is 0 Å². The number of hydrogen-bond donors (Lipinski definition) is 1. The van der Waals surface area contributed by atoms with E-state index in [-0.39, 0.29) is 12.3 Å². The molecule has 2 aromatic carbocycles. The number of alkyl halides is 1. The molecule has 0 aliphatic carbocycles. The summed E-state index contributed by atoms with van der Waals surface area (Å²) < 4.78 is 13.2. The molecule has 1 fully saturated rings. The van der Waals surface area contributed by atoms with E-state index in [9.17, 15) is 9.18 Å². The fourth-order valence-corrected chi connectivity index (χ4v) is 4.32. The number of hydrogen-bond acceptors (Lipinski definition) is 4. The van der Waals surface area contributed by atoms with Crippen LogP contribution in [0.3, 0.4) is 0 Å². The van der Waals surface area contributed by atoms with Crippen LogP contribution in [0.25, 0.3) is 22.4 Å². The van der Waals surface area contributed by atoms with E-state index in [1.54, 1.807) is 18.3 Å². The maximum Gasteiger partial charge on any atom is 0.227 e. The number of piperazine rings is 1. The topological polar surface area (TPSA) is 65.1 Å². The fraction of sp³-hybridized carbons (Fsp3) is 0.240. The molecule has 3 heterocycles. The van der Waals surface area contributed by atoms with Crippen LogP contribution >= 0.6 is 11.6 Å². The van der Waals surface area contributed by atoms with Gasteiger partial charge in [-0.3, -0.25) is 4.79 Å². The summed E-state index contributed by atoms with van der Waals surface area (Å²) in [7, 11) is 0. The van der Waals surface area contributed by atoms with Gasteiger partial charge in [0.15, 0.2) is 0 Å². The summed E-state index contributed by atoms with van der Waals surface area (Å²) in [4.78, 5) is 29.3. The largest absolute Gasteiger partial charge is 0.353 e. The lowest BCUT2D eigenvalue weighted by molar-refractivity contribution is -0.130. The van der Waals surface area contributed by atoms with Gasteiger partial charge in [0, 0.05) is 43.0 Å². The number of rotatable bonds is 5. The van der Waals surface area contributed by atoms with Crippen LogP contribution in [0.2, 0.25) is 5.02 Å². The normalized spacial score (nSPS) is 14.1. The lowest BCUT2D eigenvalue weighted by Crippen LogP contribution is -2.49. The molecule has 2 aromatic heterocycles. The Hall–Kier alpha value is -3.45. The molecule has 1 N–H and O–H groups in total. The molecule has 1 saturated heterocycles. The van der Waals surface area contributed by atoms with Gasteiger partial charge in [0.05, 0.1) is 17.5 Å². The Labute approximate surface area is 196 Å². The third-order valence-corrected chi connectivity index (χ3v) is 6.26. The van der Waals surface area contributed by atoms with E-state index >= 15 is 0 Å². The Bertz CT molecular complexity index is 1280. The van der Waals surface area contributed by atoms with Gasteiger partial charge in [-0.2, -0.15) is 0 Å². The zero-order valence-electron chi connectivity index (χ0n) is 18.0. The molecule has 1 aliphatic heterocycles. The number of pyridine rings is 1. The molecule has 0 radical (unpaired) electrons. The third-order valence-electron chi connectivity index (χ3n) is 6.03. The van der Waals surface area contributed by atoms with Crippen molar-refractivity contribution in [2.45, 2.75) is 13.1 Å². The number of carbonyl (C=O) groups is 1. The zero-order chi connectivity index (χ0) is 22.8. The summed E-state index contributed by atoms with van der Waals surface area (Å²) in [6, 6.07) is 16.7. The SMILES string of the molecule is O=C(Cc1ccccc1CF)N1CCN(c2ccc(-c3nc4ccc(Cl)cc4[nH]3)cn2)CC1. The maximum absolute atomic E-state index is 13.2. The number of benzene rings is 2. The lowest BCUT2D eigenvalue weighted by Gasteiger charge is -2.35. The molecule has 33 heavy (non-hydrogen) atoms. The van der Waals surface area contributed by atoms with Crippen molar-refractivity contribution in [2.75, 3.05) is 31.1 Å². The highest BCUT2D eigenvalue weighted by atomic mass is 35.5. The molecule has 0 spiro atoms. The number of carbonyl (C=O) groups excluding carboxylic acids is 1. The highest BCUT2D eigenvalue weighted by Gasteiger charge is 2.22. The Morgan fingerprint density at radius 3 is 2.55 bits per heavy atom. The van der Waals surface area contributed by atoms with E-state index in [4.69, 9.17) is 11.6 Å². The second-order valence-corrected chi connectivity index (χ2v) is 8.54. The molecule has 0 unspecified atom stereocenters. The number of amides is 1. The number of H-pyrrole nitrogens is 1. The van der Waals surface area contributed by atoms with Gasteiger partial charge in [-0.25, -0.2) is 14.4 Å². The first kappa shape index (κ1) is 21.4. The van der Waals surface area contributed by atoms with Crippen LogP contribution in [0.4, 0.5) is 10.2 Å². The first-order chi connectivity index (χ1) is 16.1. The number of halogens is 2. The van der Waals surface area contributed by atoms with Crippen molar-refractivity contribution >= 4 is 34.4 Å². The molecule has 0 bridgehead atoms. The Morgan fingerprint density at radius 2 is 1.82 bits per heavy atom. The van der Waals surface area contributed by atoms with Crippen LogP contribution in [0.1, 0.15) is 11.1 Å². The number of aromatic nitrogens is 3. The van der Waals surface area contributed by atoms with Crippen LogP contribution in [0.15, 0.2) is 60.8 Å². The molecular formula is C25H23ClFN5O. The monoisotopic (exact) mass is 463 g/mol. The van der Waals surface area contributed by atoms with E-state index in [1.807, 2.05) is 47.4 Å². The zero-order valence-corrected chi connectivity index (χ0v) is 18.7. The number of nitrogens with zero attached hydrogens (tertiary/aromatic N) is 4. The van der Waals surface area contributed by atoms with E-state index in [2.05, 4.69) is 19.9 Å². The average Bonchev–Trinajstić information content (AvgIpc) is 3.28. The Morgan fingerprint density at radius 1 is 1.03 bits per heavy atom. The van der Waals surface area contributed by atoms with Gasteiger partial charge < -0.3 is 14.8 Å². The summed E-state index contributed by atoms with van der Waals surface area (Å²) in [6.07, 6.45) is 2.04. The standard InChI is InChI=1S/C25H23ClFN5O/c26-20-6-7-21-22(14-20)30-25(29-21)19-5-8-23(28-16-19)31-9-11-32(12-10-31)24(33)13-17-3-1-2-4-18(17)15-27/h1-8,14,16H,9-13,15H2,(H,29,30). The van der Waals surface area contributed by atoms with E-state index in [0.717, 1.165) is 33.8 Å². The minimum atomic E-state index is -0.555. The summed E-state index contributed by atoms with van der Waals surface area (Å²) in [5, 5.41) is 0.662. The number of fused-ring (bicyclic) bond motifs is 1. The van der Waals surface area contributed by atoms with Gasteiger partial charge in [-0.05, 0) is 41.5 Å². The van der Waals surface area contributed by atoms with Gasteiger partial charge in [-0.1, -0.05) is 35.9 Å². The predicted molar refractivity (Wildman–Crippen MR) is 128 cm³/mol. The van der Waals surface area contributed by atoms with Crippen molar-refractivity contribution in [1.82, 2.24) is 19.9 Å². The molecule has 6 nitrogen and oxygen atoms in total. The summed E-state index contributed by atoms with van der Waals surface area (Å²) in [6.45, 7) is 2.08. The summed E-state index contributed by atoms with van der Waals surface area (Å²) >= 11 is 6.06. The fourth-order valence-electron chi connectivity index (χ4n) is 4.15. The number of anilines is 1. The molecule has 0 saturated carbocycles. The lowest BCUT2D eigenvalue weighted by atomic mass is 10.0. The van der Waals surface area contributed by atoms with E-state index in [0.29, 0.717) is 36.8 Å². The van der Waals surface area contributed by atoms with Crippen LogP contribution in [0.5, 0.6) is 0 Å². The number of aromatic amines is 1. The van der Waals surface area contributed by atoms with Crippen molar-refractivity contribution in [3.63, 3.8) is 0 Å². The Kier molecular flexibility index (Phi) is 5.96. The van der Waals surface area contributed by atoms with Gasteiger partial charge in [0.25, 0.3) is 0 Å². The molecule has 4 aromatic rings. The highest BCUT2D eigenvalue weighted by molar-refractivity contribution is 6.31. The number of nitrogens with one attached hydrogen (secondary N) is 1. The average molecular weight is 464 g/mol. The van der Waals surface area contributed by atoms with Crippen molar-refractivity contribution < 1.29 is 9.18 Å². The summed E-state index contributed by atoms with van der Waals surface area (Å²) in [5.41, 5.74) is 3.98. The first-order valence-electron chi connectivity index (χ1n) is 10.9. The van der Waals surface area contributed by atoms with Crippen LogP contribution in [0, 0.1) is 0 Å². The van der Waals surface area contributed by atoms with Crippen molar-refractivity contribution in [3.05, 3.63) is 76.9 Å². The van der Waals surface area contributed by atoms with Crippen LogP contribution in [-0.2, 0) is 17.9 Å². The first-order valence-corrected chi connectivity index (χ1v) is 11.3. The van der Waals surface area contributed by atoms with E-state index in [1.165, 1.54) is 0 Å². The molecule has 168 valence electrons. The van der Waals surface area contributed by atoms with Crippen molar-refractivity contribution in [2.24, 2.45) is 0 Å². The minimum absolute atomic E-state index is 0.0313. The second-order valence-electron chi connectivity index (χ2n) is 8.10. The predicted octanol–water partition coefficient (Wildman–Crippen LogP) is 4.64. The molecule has 1 amide bonds. The molecule has 1 aliphatic rings. The number of imidazole rings is 1. The molecule has 8 heteroatoms. The smallest absolute Gasteiger partial charge is 0.227 e. The highest BCUT2D eigenvalue weighted by Crippen LogP contribution is 2.24. The van der Waals surface area contributed by atoms with E-state index < -0.39 is 6.67 Å². The van der Waals surface area contributed by atoms with Gasteiger partial charge in [0.2, 0.25) is 5.91 Å². The minimum Gasteiger partial charge on any atom is -0.353 e. The second kappa shape index (κ2) is 9.19. The maximum atomic E-state index is 13.2. The molecular weight excluding hydrogens is 441 g/mol. The van der Waals surface area contributed by atoms with Gasteiger partial charge in [0.1, 0.15) is 18.3 Å². The van der Waals surface area contributed by atoms with Gasteiger partial charge >= 0.3 is 0 Å². The Balaban J connectivity index is 1.21. The van der Waals surface area contributed by atoms with Crippen molar-refractivity contribution in [3.8, 4) is 11.4 Å². The molecule has 5 rings (SSSR count).